The van der Waals surface area contributed by atoms with Crippen LogP contribution in [0.15, 0.2) is 53.5 Å². The number of amides is 1. The number of anilines is 2. The van der Waals surface area contributed by atoms with Gasteiger partial charge in [0.05, 0.1) is 13.2 Å². The van der Waals surface area contributed by atoms with Gasteiger partial charge in [-0.2, -0.15) is 0 Å². The van der Waals surface area contributed by atoms with E-state index in [1.54, 1.807) is 7.05 Å². The van der Waals surface area contributed by atoms with Crippen molar-refractivity contribution in [1.29, 1.82) is 0 Å². The van der Waals surface area contributed by atoms with Gasteiger partial charge >= 0.3 is 0 Å². The van der Waals surface area contributed by atoms with E-state index in [-0.39, 0.29) is 29.9 Å². The second-order valence-electron chi connectivity index (χ2n) is 7.86. The molecule has 0 aromatic heterocycles. The Morgan fingerprint density at radius 2 is 1.47 bits per heavy atom. The number of guanidine groups is 1. The van der Waals surface area contributed by atoms with E-state index in [0.717, 1.165) is 56.5 Å². The predicted octanol–water partition coefficient (Wildman–Crippen LogP) is 3.13. The molecule has 32 heavy (non-hydrogen) atoms. The number of carbonyl (C=O) groups excluding carboxylic acids is 1. The summed E-state index contributed by atoms with van der Waals surface area (Å²) in [7, 11) is 1.78. The fourth-order valence-electron chi connectivity index (χ4n) is 3.95. The molecule has 2 aromatic rings. The Bertz CT molecular complexity index is 896. The number of nitrogens with one attached hydrogen (secondary N) is 2. The van der Waals surface area contributed by atoms with Crippen molar-refractivity contribution in [1.82, 2.24) is 10.6 Å². The number of rotatable bonds is 6. The molecule has 2 aliphatic heterocycles. The van der Waals surface area contributed by atoms with E-state index in [0.29, 0.717) is 19.5 Å². The van der Waals surface area contributed by atoms with Crippen LogP contribution in [-0.2, 0) is 22.6 Å². The predicted molar refractivity (Wildman–Crippen MR) is 140 cm³/mol. The number of hydrogen-bond donors (Lipinski definition) is 2. The third kappa shape index (κ3) is 6.35. The molecule has 2 heterocycles. The maximum absolute atomic E-state index is 11.9. The molecule has 0 atom stereocenters. The molecule has 0 aliphatic carbocycles. The van der Waals surface area contributed by atoms with Gasteiger partial charge in [-0.3, -0.25) is 9.79 Å². The molecule has 2 fully saturated rings. The Hall–Kier alpha value is -2.33. The maximum atomic E-state index is 11.9. The SMILES string of the molecule is CN=C(NCc1ccc(N2CCOCC2)cc1)NCc1ccc(N2CCCC2=O)cc1.I. The highest BCUT2D eigenvalue weighted by molar-refractivity contribution is 14.0. The van der Waals surface area contributed by atoms with Crippen molar-refractivity contribution < 1.29 is 9.53 Å². The molecule has 0 unspecified atom stereocenters. The summed E-state index contributed by atoms with van der Waals surface area (Å²) in [5.74, 6) is 0.976. The monoisotopic (exact) mass is 549 g/mol. The first kappa shape index (κ1) is 24.3. The first-order valence-corrected chi connectivity index (χ1v) is 11.0. The first-order valence-electron chi connectivity index (χ1n) is 11.0. The number of carbonyl (C=O) groups is 1. The Morgan fingerprint density at radius 3 is 1.97 bits per heavy atom. The lowest BCUT2D eigenvalue weighted by Crippen LogP contribution is -2.36. The van der Waals surface area contributed by atoms with Crippen LogP contribution in [0.3, 0.4) is 0 Å². The fraction of sp³-hybridized carbons (Fsp3) is 0.417. The van der Waals surface area contributed by atoms with Gasteiger partial charge in [-0.25, -0.2) is 0 Å². The zero-order valence-electron chi connectivity index (χ0n) is 18.5. The standard InChI is InChI=1S/C24H31N5O2.HI/c1-25-24(26-17-19-4-8-21(9-5-19)28-13-15-31-16-14-28)27-18-20-6-10-22(11-7-20)29-12-2-3-23(29)30;/h4-11H,2-3,12-18H2,1H3,(H2,25,26,27);1H. The van der Waals surface area contributed by atoms with Gasteiger partial charge in [0.2, 0.25) is 5.91 Å². The van der Waals surface area contributed by atoms with E-state index >= 15 is 0 Å². The van der Waals surface area contributed by atoms with Crippen LogP contribution in [0.4, 0.5) is 11.4 Å². The lowest BCUT2D eigenvalue weighted by atomic mass is 10.2. The normalized spacial score (nSPS) is 16.7. The summed E-state index contributed by atoms with van der Waals surface area (Å²) in [4.78, 5) is 20.4. The van der Waals surface area contributed by atoms with E-state index in [9.17, 15) is 4.79 Å². The molecule has 2 saturated heterocycles. The number of nitrogens with zero attached hydrogens (tertiary/aromatic N) is 3. The average molecular weight is 549 g/mol. The maximum Gasteiger partial charge on any atom is 0.227 e. The molecule has 8 heteroatoms. The van der Waals surface area contributed by atoms with Crippen molar-refractivity contribution >= 4 is 47.2 Å². The van der Waals surface area contributed by atoms with Crippen molar-refractivity contribution in [3.63, 3.8) is 0 Å². The van der Waals surface area contributed by atoms with Crippen LogP contribution < -0.4 is 20.4 Å². The molecule has 0 radical (unpaired) electrons. The summed E-state index contributed by atoms with van der Waals surface area (Å²) in [5, 5.41) is 6.72. The van der Waals surface area contributed by atoms with Crippen molar-refractivity contribution in [2.24, 2.45) is 4.99 Å². The lowest BCUT2D eigenvalue weighted by molar-refractivity contribution is -0.117. The number of hydrogen-bond acceptors (Lipinski definition) is 4. The number of halogens is 1. The van der Waals surface area contributed by atoms with Crippen molar-refractivity contribution in [3.05, 3.63) is 59.7 Å². The molecule has 7 nitrogen and oxygen atoms in total. The molecule has 0 bridgehead atoms. The van der Waals surface area contributed by atoms with Crippen molar-refractivity contribution in [2.75, 3.05) is 49.7 Å². The minimum atomic E-state index is 0. The van der Waals surface area contributed by atoms with Gasteiger partial charge in [0.1, 0.15) is 0 Å². The Kier molecular flexibility index (Phi) is 9.16. The number of morpholine rings is 1. The average Bonchev–Trinajstić information content (AvgIpc) is 3.26. The molecule has 2 aromatic carbocycles. The molecule has 4 rings (SSSR count). The largest absolute Gasteiger partial charge is 0.378 e. The minimum absolute atomic E-state index is 0. The van der Waals surface area contributed by atoms with E-state index in [4.69, 9.17) is 4.74 Å². The first-order chi connectivity index (χ1) is 15.2. The van der Waals surface area contributed by atoms with Gasteiger partial charge in [-0.1, -0.05) is 24.3 Å². The van der Waals surface area contributed by atoms with E-state index < -0.39 is 0 Å². The summed E-state index contributed by atoms with van der Waals surface area (Å²) in [6.45, 7) is 5.69. The molecule has 0 spiro atoms. The molecule has 2 N–H and O–H groups in total. The fourth-order valence-corrected chi connectivity index (χ4v) is 3.95. The Morgan fingerprint density at radius 1 is 0.906 bits per heavy atom. The number of ether oxygens (including phenoxy) is 1. The van der Waals surface area contributed by atoms with Gasteiger partial charge in [0.25, 0.3) is 0 Å². The highest BCUT2D eigenvalue weighted by atomic mass is 127. The highest BCUT2D eigenvalue weighted by Crippen LogP contribution is 2.21. The van der Waals surface area contributed by atoms with Crippen LogP contribution >= 0.6 is 24.0 Å². The molecule has 1 amide bonds. The van der Waals surface area contributed by atoms with Crippen LogP contribution in [0.25, 0.3) is 0 Å². The summed E-state index contributed by atoms with van der Waals surface area (Å²) < 4.78 is 5.42. The highest BCUT2D eigenvalue weighted by Gasteiger charge is 2.21. The topological polar surface area (TPSA) is 69.2 Å². The summed E-state index contributed by atoms with van der Waals surface area (Å²) in [5.41, 5.74) is 4.58. The zero-order chi connectivity index (χ0) is 21.5. The molecule has 2 aliphatic rings. The molecule has 0 saturated carbocycles. The molecule has 172 valence electrons. The van der Waals surface area contributed by atoms with Gasteiger partial charge in [-0.15, -0.1) is 24.0 Å². The Labute approximate surface area is 207 Å². The number of benzene rings is 2. The second-order valence-corrected chi connectivity index (χ2v) is 7.86. The van der Waals surface area contributed by atoms with Crippen molar-refractivity contribution in [2.45, 2.75) is 25.9 Å². The van der Waals surface area contributed by atoms with Gasteiger partial charge in [0.15, 0.2) is 5.96 Å². The van der Waals surface area contributed by atoms with Gasteiger partial charge < -0.3 is 25.2 Å². The van der Waals surface area contributed by atoms with Crippen molar-refractivity contribution in [3.8, 4) is 0 Å². The summed E-state index contributed by atoms with van der Waals surface area (Å²) in [6, 6.07) is 16.8. The van der Waals surface area contributed by atoms with Crippen LogP contribution in [0.2, 0.25) is 0 Å². The smallest absolute Gasteiger partial charge is 0.227 e. The van der Waals surface area contributed by atoms with Crippen LogP contribution in [-0.4, -0.2) is 51.8 Å². The van der Waals surface area contributed by atoms with Gasteiger partial charge in [-0.05, 0) is 41.8 Å². The van der Waals surface area contributed by atoms with E-state index in [2.05, 4.69) is 56.9 Å². The third-order valence-corrected chi connectivity index (χ3v) is 5.78. The lowest BCUT2D eigenvalue weighted by Gasteiger charge is -2.28. The Balaban J connectivity index is 0.00000289. The van der Waals surface area contributed by atoms with Crippen LogP contribution in [0.1, 0.15) is 24.0 Å². The number of aliphatic imine (C=N–C) groups is 1. The second kappa shape index (κ2) is 12.1. The molecular formula is C24H32IN5O2. The minimum Gasteiger partial charge on any atom is -0.378 e. The zero-order valence-corrected chi connectivity index (χ0v) is 20.9. The summed E-state index contributed by atoms with van der Waals surface area (Å²) in [6.07, 6.45) is 1.60. The third-order valence-electron chi connectivity index (χ3n) is 5.78. The van der Waals surface area contributed by atoms with Crippen LogP contribution in [0.5, 0.6) is 0 Å². The van der Waals surface area contributed by atoms with Gasteiger partial charge in [0, 0.05) is 57.6 Å². The van der Waals surface area contributed by atoms with E-state index in [1.807, 2.05) is 17.0 Å². The quantitative estimate of drug-likeness (QED) is 0.330. The van der Waals surface area contributed by atoms with E-state index in [1.165, 1.54) is 11.3 Å². The summed E-state index contributed by atoms with van der Waals surface area (Å²) >= 11 is 0. The van der Waals surface area contributed by atoms with Crippen LogP contribution in [0, 0.1) is 0 Å². The molecular weight excluding hydrogens is 517 g/mol.